The Balaban J connectivity index is 1.06. The Morgan fingerprint density at radius 1 is 1.02 bits per heavy atom. The van der Waals surface area contributed by atoms with Crippen LogP contribution in [0.4, 0.5) is 0 Å². The summed E-state index contributed by atoms with van der Waals surface area (Å²) >= 11 is 0. The van der Waals surface area contributed by atoms with Crippen LogP contribution in [0, 0.1) is 0 Å². The summed E-state index contributed by atoms with van der Waals surface area (Å²) in [6.07, 6.45) is 6.84. The van der Waals surface area contributed by atoms with E-state index in [9.17, 15) is 4.79 Å². The fraction of sp³-hybridized carbons (Fsp3) is 0.412. The van der Waals surface area contributed by atoms with Crippen molar-refractivity contribution in [1.29, 1.82) is 0 Å². The van der Waals surface area contributed by atoms with Crippen molar-refractivity contribution in [2.45, 2.75) is 62.1 Å². The zero-order valence-corrected chi connectivity index (χ0v) is 23.6. The third kappa shape index (κ3) is 5.13. The number of carbonyl (C=O) groups is 1. The lowest BCUT2D eigenvalue weighted by molar-refractivity contribution is 0.0487. The van der Waals surface area contributed by atoms with E-state index in [1.54, 1.807) is 0 Å². The molecular weight excluding hydrogens is 512 g/mol. The molecule has 2 bridgehead atoms. The Bertz CT molecular complexity index is 1500. The van der Waals surface area contributed by atoms with E-state index in [4.69, 9.17) is 9.47 Å². The number of rotatable bonds is 7. The fourth-order valence-electron chi connectivity index (χ4n) is 7.19. The molecule has 0 aliphatic carbocycles. The average Bonchev–Trinajstić information content (AvgIpc) is 3.52. The summed E-state index contributed by atoms with van der Waals surface area (Å²) in [6, 6.07) is 25.8. The number of amides is 1. The average molecular weight is 551 g/mol. The second-order valence-corrected chi connectivity index (χ2v) is 12.1. The number of benzene rings is 3. The maximum Gasteiger partial charge on any atom is 0.251 e. The Labute approximate surface area is 241 Å². The predicted molar refractivity (Wildman–Crippen MR) is 160 cm³/mol. The van der Waals surface area contributed by atoms with Gasteiger partial charge in [0.15, 0.2) is 0 Å². The largest absolute Gasteiger partial charge is 0.490 e. The summed E-state index contributed by atoms with van der Waals surface area (Å²) in [6.45, 7) is 1.99. The molecule has 1 amide bonds. The number of nitrogens with one attached hydrogen (secondary N) is 2. The molecule has 4 heterocycles. The molecule has 212 valence electrons. The molecule has 0 spiro atoms. The van der Waals surface area contributed by atoms with Gasteiger partial charge in [-0.2, -0.15) is 5.10 Å². The van der Waals surface area contributed by atoms with Gasteiger partial charge >= 0.3 is 0 Å². The van der Waals surface area contributed by atoms with Crippen molar-refractivity contribution in [3.05, 3.63) is 83.9 Å². The second kappa shape index (κ2) is 11.0. The van der Waals surface area contributed by atoms with Crippen molar-refractivity contribution >= 4 is 16.8 Å². The van der Waals surface area contributed by atoms with E-state index in [0.717, 1.165) is 53.6 Å². The maximum atomic E-state index is 13.4. The molecule has 3 saturated heterocycles. The van der Waals surface area contributed by atoms with Gasteiger partial charge in [-0.1, -0.05) is 30.3 Å². The van der Waals surface area contributed by atoms with Gasteiger partial charge in [-0.15, -0.1) is 0 Å². The number of carbonyl (C=O) groups excluding carboxylic acids is 1. The van der Waals surface area contributed by atoms with Crippen LogP contribution in [0.15, 0.2) is 72.8 Å². The Morgan fingerprint density at radius 3 is 2.49 bits per heavy atom. The molecule has 1 aromatic heterocycles. The van der Waals surface area contributed by atoms with Crippen LogP contribution in [-0.2, 0) is 10.2 Å². The highest BCUT2D eigenvalue weighted by Gasteiger charge is 2.39. The van der Waals surface area contributed by atoms with Gasteiger partial charge in [-0.05, 0) is 93.6 Å². The minimum Gasteiger partial charge on any atom is -0.490 e. The van der Waals surface area contributed by atoms with Crippen LogP contribution in [0.5, 0.6) is 5.75 Å². The third-order valence-electron chi connectivity index (χ3n) is 9.73. The molecule has 3 aliphatic heterocycles. The molecule has 7 nitrogen and oxygen atoms in total. The number of aromatic nitrogens is 2. The molecule has 3 aliphatic rings. The van der Waals surface area contributed by atoms with Gasteiger partial charge in [0.05, 0.1) is 11.2 Å². The van der Waals surface area contributed by atoms with Gasteiger partial charge < -0.3 is 19.7 Å². The first-order chi connectivity index (χ1) is 20.1. The first-order valence-corrected chi connectivity index (χ1v) is 15.0. The van der Waals surface area contributed by atoms with E-state index >= 15 is 0 Å². The zero-order chi connectivity index (χ0) is 27.8. The molecule has 2 N–H and O–H groups in total. The van der Waals surface area contributed by atoms with Gasteiger partial charge in [-0.25, -0.2) is 0 Å². The summed E-state index contributed by atoms with van der Waals surface area (Å²) < 4.78 is 12.1. The molecule has 2 atom stereocenters. The van der Waals surface area contributed by atoms with E-state index in [1.165, 1.54) is 18.4 Å². The Hall–Kier alpha value is -3.68. The summed E-state index contributed by atoms with van der Waals surface area (Å²) in [7, 11) is 2.25. The van der Waals surface area contributed by atoms with Crippen LogP contribution in [0.2, 0.25) is 0 Å². The maximum absolute atomic E-state index is 13.4. The van der Waals surface area contributed by atoms with Crippen LogP contribution in [-0.4, -0.2) is 66.0 Å². The van der Waals surface area contributed by atoms with Crippen molar-refractivity contribution in [3.8, 4) is 17.0 Å². The van der Waals surface area contributed by atoms with Gasteiger partial charge in [0, 0.05) is 53.8 Å². The number of fused-ring (bicyclic) bond motifs is 3. The normalized spacial score (nSPS) is 23.9. The topological polar surface area (TPSA) is 79.5 Å². The van der Waals surface area contributed by atoms with Crippen LogP contribution in [0.3, 0.4) is 0 Å². The van der Waals surface area contributed by atoms with Crippen molar-refractivity contribution in [1.82, 2.24) is 20.4 Å². The van der Waals surface area contributed by atoms with Gasteiger partial charge in [0.25, 0.3) is 5.91 Å². The molecule has 3 fully saturated rings. The van der Waals surface area contributed by atoms with E-state index in [2.05, 4.69) is 63.9 Å². The first-order valence-electron chi connectivity index (χ1n) is 15.0. The predicted octanol–water partition coefficient (Wildman–Crippen LogP) is 5.71. The fourth-order valence-corrected chi connectivity index (χ4v) is 7.19. The van der Waals surface area contributed by atoms with Gasteiger partial charge in [0.2, 0.25) is 0 Å². The lowest BCUT2D eigenvalue weighted by Gasteiger charge is -2.38. The molecule has 2 unspecified atom stereocenters. The third-order valence-corrected chi connectivity index (χ3v) is 9.73. The molecule has 0 saturated carbocycles. The van der Waals surface area contributed by atoms with E-state index in [-0.39, 0.29) is 17.4 Å². The Kier molecular flexibility index (Phi) is 7.01. The van der Waals surface area contributed by atoms with Gasteiger partial charge in [0.1, 0.15) is 11.9 Å². The molecular formula is C34H38N4O3. The number of nitrogens with zero attached hydrogens (tertiary/aromatic N) is 2. The standard InChI is InChI=1S/C34H38N4O3/c1-38-26-10-11-27(38)21-29(20-26)41-28-12-7-23(8-13-28)32-30-19-24(9-14-31(30)36-37-32)33(39)35-22-34(15-17-40-18-16-34)25-5-3-2-4-6-25/h2-9,12-14,19,26-27,29H,10-11,15-18,20-22H2,1H3,(H,35,39)(H,36,37). The highest BCUT2D eigenvalue weighted by molar-refractivity contribution is 6.01. The molecule has 3 aromatic carbocycles. The lowest BCUT2D eigenvalue weighted by Crippen LogP contribution is -2.44. The summed E-state index contributed by atoms with van der Waals surface area (Å²) in [5.74, 6) is 0.833. The molecule has 7 heteroatoms. The van der Waals surface area contributed by atoms with Gasteiger partial charge in [-0.3, -0.25) is 9.89 Å². The number of hydrogen-bond donors (Lipinski definition) is 2. The monoisotopic (exact) mass is 550 g/mol. The minimum absolute atomic E-state index is 0.0725. The lowest BCUT2D eigenvalue weighted by atomic mass is 9.74. The van der Waals surface area contributed by atoms with Crippen LogP contribution in [0.1, 0.15) is 54.4 Å². The highest BCUT2D eigenvalue weighted by Crippen LogP contribution is 2.37. The molecule has 7 rings (SSSR count). The number of hydrogen-bond acceptors (Lipinski definition) is 5. The summed E-state index contributed by atoms with van der Waals surface area (Å²) in [4.78, 5) is 15.9. The molecule has 41 heavy (non-hydrogen) atoms. The molecule has 4 aromatic rings. The minimum atomic E-state index is -0.114. The number of piperidine rings is 1. The molecule has 0 radical (unpaired) electrons. The van der Waals surface area contributed by atoms with Crippen molar-refractivity contribution < 1.29 is 14.3 Å². The number of ether oxygens (including phenoxy) is 2. The summed E-state index contributed by atoms with van der Waals surface area (Å²) in [5, 5.41) is 11.9. The van der Waals surface area contributed by atoms with Crippen LogP contribution in [0.25, 0.3) is 22.2 Å². The zero-order valence-electron chi connectivity index (χ0n) is 23.6. The SMILES string of the molecule is CN1C2CCC1CC(Oc1ccc(-c3n[nH]c4ccc(C(=O)NCC5(c6ccccc6)CCOCC5)cc34)cc1)C2. The van der Waals surface area contributed by atoms with Crippen molar-refractivity contribution in [2.75, 3.05) is 26.8 Å². The van der Waals surface area contributed by atoms with Crippen LogP contribution >= 0.6 is 0 Å². The number of aromatic amines is 1. The highest BCUT2D eigenvalue weighted by atomic mass is 16.5. The number of H-pyrrole nitrogens is 1. The first kappa shape index (κ1) is 26.2. The Morgan fingerprint density at radius 2 is 1.76 bits per heavy atom. The smallest absolute Gasteiger partial charge is 0.251 e. The van der Waals surface area contributed by atoms with Crippen molar-refractivity contribution in [2.24, 2.45) is 0 Å². The van der Waals surface area contributed by atoms with E-state index in [1.807, 2.05) is 36.4 Å². The van der Waals surface area contributed by atoms with Crippen LogP contribution < -0.4 is 10.1 Å². The van der Waals surface area contributed by atoms with E-state index in [0.29, 0.717) is 37.4 Å². The summed E-state index contributed by atoms with van der Waals surface area (Å²) in [5.41, 5.74) is 4.51. The van der Waals surface area contributed by atoms with Crippen molar-refractivity contribution in [3.63, 3.8) is 0 Å². The quantitative estimate of drug-likeness (QED) is 0.308. The van der Waals surface area contributed by atoms with E-state index < -0.39 is 0 Å². The second-order valence-electron chi connectivity index (χ2n) is 12.1.